The number of ether oxygens (including phenoxy) is 2. The molecule has 0 radical (unpaired) electrons. The minimum absolute atomic E-state index is 0.0938. The molecule has 152 valence electrons. The molecule has 1 aliphatic carbocycles. The quantitative estimate of drug-likeness (QED) is 0.662. The average molecular weight is 379 g/mol. The monoisotopic (exact) mass is 379 g/mol. The molecule has 0 aromatic heterocycles. The van der Waals surface area contributed by atoms with E-state index in [1.54, 1.807) is 20.8 Å². The van der Waals surface area contributed by atoms with Crippen LogP contribution in [-0.4, -0.2) is 47.4 Å². The zero-order valence-electron chi connectivity index (χ0n) is 16.0. The van der Waals surface area contributed by atoms with Crippen molar-refractivity contribution in [1.29, 1.82) is 0 Å². The fourth-order valence-electron chi connectivity index (χ4n) is 3.11. The first-order valence-electron chi connectivity index (χ1n) is 9.20. The fourth-order valence-corrected chi connectivity index (χ4v) is 3.11. The number of halogens is 2. The van der Waals surface area contributed by atoms with E-state index in [-0.39, 0.29) is 18.9 Å². The summed E-state index contributed by atoms with van der Waals surface area (Å²) in [5, 5.41) is 12.5. The minimum Gasteiger partial charge on any atom is -0.461 e. The van der Waals surface area contributed by atoms with Crippen LogP contribution in [0.5, 0.6) is 0 Å². The van der Waals surface area contributed by atoms with E-state index in [1.807, 2.05) is 0 Å². The van der Waals surface area contributed by atoms with Crippen molar-refractivity contribution in [2.75, 3.05) is 6.61 Å². The Bertz CT molecular complexity index is 473. The molecule has 1 rings (SSSR count). The van der Waals surface area contributed by atoms with E-state index >= 15 is 0 Å². The van der Waals surface area contributed by atoms with Gasteiger partial charge >= 0.3 is 18.0 Å². The third-order valence-electron chi connectivity index (χ3n) is 4.31. The molecular weight excluding hydrogens is 348 g/mol. The maximum atomic E-state index is 14.3. The van der Waals surface area contributed by atoms with Crippen molar-refractivity contribution in [3.8, 4) is 0 Å². The highest BCUT2D eigenvalue weighted by Crippen LogP contribution is 2.31. The summed E-state index contributed by atoms with van der Waals surface area (Å²) in [7, 11) is 0. The summed E-state index contributed by atoms with van der Waals surface area (Å²) in [4.78, 5) is 23.6. The lowest BCUT2D eigenvalue weighted by Crippen LogP contribution is -2.56. The number of alkyl halides is 2. The van der Waals surface area contributed by atoms with Gasteiger partial charge in [0.15, 0.2) is 0 Å². The van der Waals surface area contributed by atoms with Crippen molar-refractivity contribution in [3.05, 3.63) is 0 Å². The second kappa shape index (κ2) is 9.48. The smallest absolute Gasteiger partial charge is 0.407 e. The highest BCUT2D eigenvalue weighted by molar-refractivity contribution is 5.78. The van der Waals surface area contributed by atoms with Gasteiger partial charge in [-0.15, -0.1) is 0 Å². The van der Waals surface area contributed by atoms with Crippen LogP contribution in [0.15, 0.2) is 0 Å². The first kappa shape index (κ1) is 22.6. The molecule has 0 spiro atoms. The molecule has 6 nitrogen and oxygen atoms in total. The molecule has 1 aliphatic rings. The van der Waals surface area contributed by atoms with Crippen LogP contribution in [0.1, 0.15) is 66.2 Å². The van der Waals surface area contributed by atoms with E-state index in [0.717, 1.165) is 32.1 Å². The Kier molecular flexibility index (Phi) is 8.24. The van der Waals surface area contributed by atoms with Crippen LogP contribution in [0.3, 0.4) is 0 Å². The summed E-state index contributed by atoms with van der Waals surface area (Å²) in [5.74, 6) is -5.83. The van der Waals surface area contributed by atoms with Crippen LogP contribution in [0.2, 0.25) is 0 Å². The number of hydrogen-bond acceptors (Lipinski definition) is 5. The second-order valence-electron chi connectivity index (χ2n) is 7.78. The third-order valence-corrected chi connectivity index (χ3v) is 4.31. The van der Waals surface area contributed by atoms with E-state index in [4.69, 9.17) is 4.74 Å². The molecule has 1 saturated carbocycles. The van der Waals surface area contributed by atoms with Crippen LogP contribution in [0.4, 0.5) is 13.6 Å². The van der Waals surface area contributed by atoms with E-state index in [9.17, 15) is 23.5 Å². The van der Waals surface area contributed by atoms with E-state index in [2.05, 4.69) is 10.1 Å². The van der Waals surface area contributed by atoms with Gasteiger partial charge in [-0.1, -0.05) is 32.1 Å². The number of aliphatic hydroxyl groups excluding tert-OH is 1. The predicted octanol–water partition coefficient (Wildman–Crippen LogP) is 3.41. The Hall–Kier alpha value is -1.44. The van der Waals surface area contributed by atoms with Gasteiger partial charge in [0.2, 0.25) is 0 Å². The topological polar surface area (TPSA) is 84.9 Å². The third kappa shape index (κ3) is 7.05. The van der Waals surface area contributed by atoms with E-state index in [0.29, 0.717) is 0 Å². The van der Waals surface area contributed by atoms with Crippen LogP contribution < -0.4 is 5.32 Å². The zero-order valence-corrected chi connectivity index (χ0v) is 16.0. The van der Waals surface area contributed by atoms with Gasteiger partial charge in [-0.05, 0) is 40.0 Å². The average Bonchev–Trinajstić information content (AvgIpc) is 2.53. The summed E-state index contributed by atoms with van der Waals surface area (Å²) in [6.45, 7) is 6.11. The minimum atomic E-state index is -4.12. The first-order valence-corrected chi connectivity index (χ1v) is 9.20. The standard InChI is InChI=1S/C18H31F2NO5/c1-5-25-15(23)18(19,20)14(22)13(11-12-9-7-6-8-10-12)21-16(24)26-17(2,3)4/h12-14,22H,5-11H2,1-4H3,(H,21,24)/t13-,14?/m0/s1. The summed E-state index contributed by atoms with van der Waals surface area (Å²) in [6.07, 6.45) is 1.57. The van der Waals surface area contributed by atoms with Crippen molar-refractivity contribution in [2.45, 2.75) is 89.9 Å². The molecule has 2 N–H and O–H groups in total. The summed E-state index contributed by atoms with van der Waals surface area (Å²) in [6, 6.07) is -1.31. The van der Waals surface area contributed by atoms with Gasteiger partial charge in [-0.3, -0.25) is 0 Å². The first-order chi connectivity index (χ1) is 12.0. The zero-order chi connectivity index (χ0) is 20.0. The molecule has 1 fully saturated rings. The Balaban J connectivity index is 2.90. The van der Waals surface area contributed by atoms with E-state index < -0.39 is 35.7 Å². The molecule has 0 aromatic rings. The Morgan fingerprint density at radius 3 is 2.27 bits per heavy atom. The van der Waals surface area contributed by atoms with Crippen LogP contribution in [0.25, 0.3) is 0 Å². The summed E-state index contributed by atoms with van der Waals surface area (Å²) < 4.78 is 38.0. The molecule has 1 amide bonds. The molecule has 1 unspecified atom stereocenters. The Morgan fingerprint density at radius 2 is 1.77 bits per heavy atom. The largest absolute Gasteiger partial charge is 0.461 e. The Morgan fingerprint density at radius 1 is 1.19 bits per heavy atom. The van der Waals surface area contributed by atoms with Crippen molar-refractivity contribution in [2.24, 2.45) is 5.92 Å². The molecule has 0 bridgehead atoms. The van der Waals surface area contributed by atoms with Crippen molar-refractivity contribution >= 4 is 12.1 Å². The molecule has 2 atom stereocenters. The maximum absolute atomic E-state index is 14.3. The van der Waals surface area contributed by atoms with Crippen molar-refractivity contribution in [1.82, 2.24) is 5.32 Å². The maximum Gasteiger partial charge on any atom is 0.407 e. The number of esters is 1. The molecular formula is C18H31F2NO5. The number of carbonyl (C=O) groups is 2. The number of alkyl carbamates (subject to hydrolysis) is 1. The highest BCUT2D eigenvalue weighted by atomic mass is 19.3. The summed E-state index contributed by atoms with van der Waals surface area (Å²) >= 11 is 0. The molecule has 8 heteroatoms. The number of nitrogens with one attached hydrogen (secondary N) is 1. The molecule has 0 aliphatic heterocycles. The fraction of sp³-hybridized carbons (Fsp3) is 0.889. The number of hydrogen-bond donors (Lipinski definition) is 2. The van der Waals surface area contributed by atoms with Gasteiger partial charge < -0.3 is 19.9 Å². The molecule has 0 aromatic carbocycles. The number of carbonyl (C=O) groups excluding carboxylic acids is 2. The number of amides is 1. The summed E-state index contributed by atoms with van der Waals surface area (Å²) in [5.41, 5.74) is -0.811. The van der Waals surface area contributed by atoms with E-state index in [1.165, 1.54) is 6.92 Å². The van der Waals surface area contributed by atoms with Crippen molar-refractivity contribution in [3.63, 3.8) is 0 Å². The van der Waals surface area contributed by atoms with Gasteiger partial charge in [0, 0.05) is 0 Å². The van der Waals surface area contributed by atoms with Crippen molar-refractivity contribution < 1.29 is 33.0 Å². The van der Waals surface area contributed by atoms with Crippen LogP contribution in [0, 0.1) is 5.92 Å². The van der Waals surface area contributed by atoms with Gasteiger partial charge in [0.05, 0.1) is 12.6 Å². The van der Waals surface area contributed by atoms with Gasteiger partial charge in [-0.25, -0.2) is 9.59 Å². The molecule has 0 saturated heterocycles. The van der Waals surface area contributed by atoms with Crippen LogP contribution >= 0.6 is 0 Å². The lowest BCUT2D eigenvalue weighted by Gasteiger charge is -2.33. The molecule has 26 heavy (non-hydrogen) atoms. The Labute approximate surface area is 153 Å². The predicted molar refractivity (Wildman–Crippen MR) is 91.9 cm³/mol. The highest BCUT2D eigenvalue weighted by Gasteiger charge is 2.52. The lowest BCUT2D eigenvalue weighted by atomic mass is 9.83. The second-order valence-corrected chi connectivity index (χ2v) is 7.78. The molecule has 0 heterocycles. The van der Waals surface area contributed by atoms with Crippen LogP contribution in [-0.2, 0) is 14.3 Å². The van der Waals surface area contributed by atoms with Gasteiger partial charge in [-0.2, -0.15) is 8.78 Å². The SMILES string of the molecule is CCOC(=O)C(F)(F)C(O)[C@H](CC1CCCCC1)NC(=O)OC(C)(C)C. The normalized spacial score (nSPS) is 18.7. The number of rotatable bonds is 7. The van der Waals surface area contributed by atoms with Gasteiger partial charge in [0.25, 0.3) is 0 Å². The van der Waals surface area contributed by atoms with Gasteiger partial charge in [0.1, 0.15) is 11.7 Å². The lowest BCUT2D eigenvalue weighted by molar-refractivity contribution is -0.191. The number of aliphatic hydroxyl groups is 1.